The summed E-state index contributed by atoms with van der Waals surface area (Å²) in [7, 11) is -3.53. The highest BCUT2D eigenvalue weighted by Crippen LogP contribution is 2.62. The molecule has 0 aromatic heterocycles. The summed E-state index contributed by atoms with van der Waals surface area (Å²) in [6.07, 6.45) is 21.9. The molecule has 2 fully saturated rings. The van der Waals surface area contributed by atoms with Crippen molar-refractivity contribution < 1.29 is 0 Å². The average Bonchev–Trinajstić information content (AvgIpc) is 3.20. The summed E-state index contributed by atoms with van der Waals surface area (Å²) >= 11 is 0. The second-order valence-electron chi connectivity index (χ2n) is 14.3. The first kappa shape index (κ1) is 23.8. The van der Waals surface area contributed by atoms with Crippen molar-refractivity contribution >= 4 is 24.2 Å². The molecule has 0 nitrogen and oxygen atoms in total. The Bertz CT molecular complexity index is 786. The van der Waals surface area contributed by atoms with Crippen LogP contribution in [0.15, 0.2) is 48.1 Å². The third-order valence-electron chi connectivity index (χ3n) is 9.06. The van der Waals surface area contributed by atoms with E-state index >= 15 is 0 Å². The van der Waals surface area contributed by atoms with E-state index in [4.69, 9.17) is 0 Å². The van der Waals surface area contributed by atoms with Gasteiger partial charge >= 0.3 is 0 Å². The highest BCUT2D eigenvalue weighted by Gasteiger charge is 2.55. The van der Waals surface area contributed by atoms with Crippen LogP contribution in [0.25, 0.3) is 0 Å². The normalized spacial score (nSPS) is 37.7. The van der Waals surface area contributed by atoms with Crippen LogP contribution in [0, 0.1) is 29.6 Å². The lowest BCUT2D eigenvalue weighted by Crippen LogP contribution is -2.40. The number of fused-ring (bicyclic) bond motifs is 2. The Kier molecular flexibility index (Phi) is 6.46. The molecule has 0 aliphatic heterocycles. The third kappa shape index (κ3) is 4.94. The monoisotopic (exact) mass is 468 g/mol. The Morgan fingerprint density at radius 3 is 2.00 bits per heavy atom. The molecule has 0 bridgehead atoms. The van der Waals surface area contributed by atoms with Gasteiger partial charge in [-0.3, -0.25) is 0 Å². The first-order valence-electron chi connectivity index (χ1n) is 13.1. The van der Waals surface area contributed by atoms with E-state index in [-0.39, 0.29) is 0 Å². The van der Waals surface area contributed by atoms with Gasteiger partial charge in [0.2, 0.25) is 0 Å². The minimum atomic E-state index is -1.44. The van der Waals surface area contributed by atoms with Gasteiger partial charge in [0, 0.05) is 22.1 Å². The zero-order valence-corrected chi connectivity index (χ0v) is 24.6. The number of hydrogen-bond acceptors (Lipinski definition) is 0. The predicted molar refractivity (Wildman–Crippen MR) is 148 cm³/mol. The molecule has 0 spiro atoms. The molecule has 172 valence electrons. The molecule has 2 saturated carbocycles. The summed E-state index contributed by atoms with van der Waals surface area (Å²) in [4.78, 5) is 0. The van der Waals surface area contributed by atoms with E-state index < -0.39 is 24.2 Å². The van der Waals surface area contributed by atoms with Crippen molar-refractivity contribution in [3.05, 3.63) is 48.1 Å². The summed E-state index contributed by atoms with van der Waals surface area (Å²) in [5.74, 6) is 4.27. The van der Waals surface area contributed by atoms with Gasteiger partial charge < -0.3 is 0 Å². The van der Waals surface area contributed by atoms with Crippen LogP contribution in [0.5, 0.6) is 0 Å². The maximum Gasteiger partial charge on any atom is 0.0584 e. The summed E-state index contributed by atoms with van der Waals surface area (Å²) in [5.41, 5.74) is 3.77. The minimum absolute atomic E-state index is 0.772. The molecule has 0 N–H and O–H groups in total. The fourth-order valence-electron chi connectivity index (χ4n) is 8.02. The van der Waals surface area contributed by atoms with E-state index in [2.05, 4.69) is 94.9 Å². The summed E-state index contributed by atoms with van der Waals surface area (Å²) in [5, 5.41) is 0. The molecule has 31 heavy (non-hydrogen) atoms. The Hall–Kier alpha value is -0.389. The van der Waals surface area contributed by atoms with Gasteiger partial charge in [-0.2, -0.15) is 0 Å². The van der Waals surface area contributed by atoms with Crippen LogP contribution >= 0.6 is 0 Å². The van der Waals surface area contributed by atoms with Gasteiger partial charge in [-0.05, 0) is 54.0 Å². The molecule has 3 heteroatoms. The van der Waals surface area contributed by atoms with Crippen molar-refractivity contribution in [2.24, 2.45) is 29.6 Å². The molecular formula is C28H48Si3. The van der Waals surface area contributed by atoms with E-state index in [1.165, 1.54) is 31.4 Å². The molecular weight excluding hydrogens is 421 g/mol. The quantitative estimate of drug-likeness (QED) is 0.269. The zero-order valence-electron chi connectivity index (χ0n) is 21.6. The maximum atomic E-state index is 2.80. The molecule has 4 aliphatic carbocycles. The van der Waals surface area contributed by atoms with E-state index in [0.717, 1.165) is 40.7 Å². The van der Waals surface area contributed by atoms with Crippen molar-refractivity contribution in [3.63, 3.8) is 0 Å². The molecule has 7 unspecified atom stereocenters. The van der Waals surface area contributed by atoms with Crippen molar-refractivity contribution in [2.75, 3.05) is 0 Å². The van der Waals surface area contributed by atoms with Crippen molar-refractivity contribution in [2.45, 2.75) is 94.8 Å². The van der Waals surface area contributed by atoms with Gasteiger partial charge in [-0.1, -0.05) is 113 Å². The van der Waals surface area contributed by atoms with Crippen LogP contribution < -0.4 is 0 Å². The standard InChI is InChI=1S/C28H48Si3/c1-29(2,3)19-21-17-27(25-15-11-9-13-23(21)25)31(7,8)28-18-22(20-30(4,5)6)24-14-10-12-16-26(24)28/h9-11,13-16,21-25,27-28H,12,17-20H2,1-8H3. The van der Waals surface area contributed by atoms with Crippen LogP contribution in [-0.4, -0.2) is 24.2 Å². The second-order valence-corrected chi connectivity index (χ2v) is 30.5. The summed E-state index contributed by atoms with van der Waals surface area (Å²) in [6, 6.07) is 3.03. The second kappa shape index (κ2) is 8.43. The zero-order chi connectivity index (χ0) is 22.6. The molecule has 0 saturated heterocycles. The maximum absolute atomic E-state index is 2.80. The molecule has 0 aromatic carbocycles. The largest absolute Gasteiger partial charge is 0.0841 e. The molecule has 7 atom stereocenters. The lowest BCUT2D eigenvalue weighted by molar-refractivity contribution is 0.446. The molecule has 0 amide bonds. The van der Waals surface area contributed by atoms with Crippen LogP contribution in [0.2, 0.25) is 75.5 Å². The SMILES string of the molecule is C[Si](C)(C)CC1CC([Si](C)(C)C2CC(C[Si](C)(C)C)C3C=CC=CC32)C2=CCC=CC21. The number of hydrogen-bond donors (Lipinski definition) is 0. The Labute approximate surface area is 196 Å². The number of allylic oxidation sites excluding steroid dienone is 8. The van der Waals surface area contributed by atoms with Crippen LogP contribution in [0.4, 0.5) is 0 Å². The molecule has 0 heterocycles. The van der Waals surface area contributed by atoms with Crippen LogP contribution in [-0.2, 0) is 0 Å². The lowest BCUT2D eigenvalue weighted by atomic mass is 9.87. The Morgan fingerprint density at radius 2 is 1.35 bits per heavy atom. The van der Waals surface area contributed by atoms with E-state index in [9.17, 15) is 0 Å². The average molecular weight is 469 g/mol. The topological polar surface area (TPSA) is 0 Å². The highest BCUT2D eigenvalue weighted by molar-refractivity contribution is 6.81. The summed E-state index contributed by atoms with van der Waals surface area (Å²) < 4.78 is 0. The van der Waals surface area contributed by atoms with Gasteiger partial charge in [0.05, 0.1) is 8.07 Å². The van der Waals surface area contributed by atoms with Gasteiger partial charge in [0.25, 0.3) is 0 Å². The van der Waals surface area contributed by atoms with Gasteiger partial charge in [-0.25, -0.2) is 0 Å². The van der Waals surface area contributed by atoms with Crippen molar-refractivity contribution in [1.82, 2.24) is 0 Å². The van der Waals surface area contributed by atoms with Gasteiger partial charge in [0.1, 0.15) is 0 Å². The van der Waals surface area contributed by atoms with Gasteiger partial charge in [0.15, 0.2) is 0 Å². The number of rotatable bonds is 6. The molecule has 4 aliphatic rings. The third-order valence-corrected chi connectivity index (χ3v) is 17.5. The predicted octanol–water partition coefficient (Wildman–Crippen LogP) is 9.01. The molecule has 0 aromatic rings. The van der Waals surface area contributed by atoms with E-state index in [1.54, 1.807) is 0 Å². The Morgan fingerprint density at radius 1 is 0.742 bits per heavy atom. The summed E-state index contributed by atoms with van der Waals surface area (Å²) in [6.45, 7) is 21.1. The highest BCUT2D eigenvalue weighted by atomic mass is 28.3. The Balaban J connectivity index is 1.62. The van der Waals surface area contributed by atoms with Crippen LogP contribution in [0.3, 0.4) is 0 Å². The van der Waals surface area contributed by atoms with Crippen LogP contribution in [0.1, 0.15) is 19.3 Å². The van der Waals surface area contributed by atoms with E-state index in [0.29, 0.717) is 0 Å². The van der Waals surface area contributed by atoms with Crippen molar-refractivity contribution in [1.29, 1.82) is 0 Å². The lowest BCUT2D eigenvalue weighted by Gasteiger charge is -2.40. The van der Waals surface area contributed by atoms with Crippen molar-refractivity contribution in [3.8, 4) is 0 Å². The smallest absolute Gasteiger partial charge is 0.0584 e. The molecule has 0 radical (unpaired) electrons. The fourth-order valence-corrected chi connectivity index (χ4v) is 16.9. The molecule has 4 rings (SSSR count). The van der Waals surface area contributed by atoms with Gasteiger partial charge in [-0.15, -0.1) is 0 Å². The minimum Gasteiger partial charge on any atom is -0.0841 e. The first-order valence-corrected chi connectivity index (χ1v) is 23.7. The first-order chi connectivity index (χ1) is 14.4. The van der Waals surface area contributed by atoms with E-state index in [1.807, 2.05) is 5.57 Å². The fraction of sp³-hybridized carbons (Fsp3) is 0.714.